The van der Waals surface area contributed by atoms with E-state index in [1.54, 1.807) is 0 Å². The molecule has 0 aromatic heterocycles. The summed E-state index contributed by atoms with van der Waals surface area (Å²) in [4.78, 5) is 4.58. The van der Waals surface area contributed by atoms with E-state index in [4.69, 9.17) is 0 Å². The van der Waals surface area contributed by atoms with Gasteiger partial charge in [0.2, 0.25) is 0 Å². The molecule has 1 aliphatic heterocycles. The van der Waals surface area contributed by atoms with Gasteiger partial charge in [0, 0.05) is 11.8 Å². The summed E-state index contributed by atoms with van der Waals surface area (Å²) in [6.45, 7) is 4.05. The van der Waals surface area contributed by atoms with Gasteiger partial charge in [0.25, 0.3) is 0 Å². The lowest BCUT2D eigenvalue weighted by molar-refractivity contribution is 0.772. The molecule has 0 radical (unpaired) electrons. The van der Waals surface area contributed by atoms with Crippen molar-refractivity contribution in [3.05, 3.63) is 35.4 Å². The zero-order valence-corrected chi connectivity index (χ0v) is 11.0. The van der Waals surface area contributed by atoms with Crippen LogP contribution >= 0.6 is 11.8 Å². The van der Waals surface area contributed by atoms with Crippen molar-refractivity contribution in [3.8, 4) is 0 Å². The lowest BCUT2D eigenvalue weighted by Crippen LogP contribution is -2.19. The monoisotopic (exact) mass is 246 g/mol. The predicted octanol–water partition coefficient (Wildman–Crippen LogP) is 2.97. The smallest absolute Gasteiger partial charge is 0.157 e. The Morgan fingerprint density at radius 3 is 3.06 bits per heavy atom. The van der Waals surface area contributed by atoms with Crippen LogP contribution in [-0.2, 0) is 6.54 Å². The SMILES string of the molecule is Cc1cccc(CNC2=NCC(C3CC3)S2)c1. The summed E-state index contributed by atoms with van der Waals surface area (Å²) in [5.41, 5.74) is 2.66. The minimum atomic E-state index is 0.759. The van der Waals surface area contributed by atoms with Gasteiger partial charge in [-0.25, -0.2) is 0 Å². The zero-order valence-electron chi connectivity index (χ0n) is 10.1. The van der Waals surface area contributed by atoms with Crippen molar-refractivity contribution >= 4 is 16.9 Å². The molecule has 1 saturated carbocycles. The fraction of sp³-hybridized carbons (Fsp3) is 0.500. The van der Waals surface area contributed by atoms with Crippen molar-refractivity contribution < 1.29 is 0 Å². The van der Waals surface area contributed by atoms with Gasteiger partial charge in [-0.15, -0.1) is 0 Å². The van der Waals surface area contributed by atoms with Crippen LogP contribution in [0, 0.1) is 12.8 Å². The third-order valence-corrected chi connectivity index (χ3v) is 4.69. The molecule has 1 heterocycles. The molecule has 0 saturated heterocycles. The number of hydrogen-bond acceptors (Lipinski definition) is 3. The quantitative estimate of drug-likeness (QED) is 0.886. The molecule has 1 atom stereocenters. The van der Waals surface area contributed by atoms with Gasteiger partial charge in [-0.1, -0.05) is 41.6 Å². The highest BCUT2D eigenvalue weighted by molar-refractivity contribution is 8.14. The van der Waals surface area contributed by atoms with Crippen LogP contribution in [0.1, 0.15) is 24.0 Å². The Bertz CT molecular complexity index is 438. The second-order valence-corrected chi connectivity index (χ2v) is 6.21. The van der Waals surface area contributed by atoms with Gasteiger partial charge in [0.15, 0.2) is 5.17 Å². The molecule has 2 aliphatic rings. The molecular formula is C14H18N2S. The number of benzene rings is 1. The summed E-state index contributed by atoms with van der Waals surface area (Å²) in [5, 5.41) is 5.35. The molecule has 0 bridgehead atoms. The van der Waals surface area contributed by atoms with Gasteiger partial charge in [-0.05, 0) is 31.2 Å². The van der Waals surface area contributed by atoms with Crippen molar-refractivity contribution in [2.45, 2.75) is 31.6 Å². The van der Waals surface area contributed by atoms with Gasteiger partial charge >= 0.3 is 0 Å². The first kappa shape index (κ1) is 11.1. The summed E-state index contributed by atoms with van der Waals surface area (Å²) < 4.78 is 0. The molecule has 1 aromatic rings. The molecule has 90 valence electrons. The number of nitrogens with zero attached hydrogens (tertiary/aromatic N) is 1. The molecule has 17 heavy (non-hydrogen) atoms. The molecule has 0 spiro atoms. The van der Waals surface area contributed by atoms with Crippen molar-refractivity contribution in [2.24, 2.45) is 10.9 Å². The van der Waals surface area contributed by atoms with Gasteiger partial charge in [0.05, 0.1) is 6.54 Å². The number of nitrogens with one attached hydrogen (secondary N) is 1. The highest BCUT2D eigenvalue weighted by atomic mass is 32.2. The summed E-state index contributed by atoms with van der Waals surface area (Å²) in [6, 6.07) is 8.64. The highest BCUT2D eigenvalue weighted by Crippen LogP contribution is 2.41. The summed E-state index contributed by atoms with van der Waals surface area (Å²) in [5.74, 6) is 0.946. The average Bonchev–Trinajstić information content (AvgIpc) is 3.07. The van der Waals surface area contributed by atoms with E-state index < -0.39 is 0 Å². The second kappa shape index (κ2) is 4.73. The molecule has 3 heteroatoms. The lowest BCUT2D eigenvalue weighted by Gasteiger charge is -2.08. The molecule has 0 amide bonds. The highest BCUT2D eigenvalue weighted by Gasteiger charge is 2.35. The van der Waals surface area contributed by atoms with Crippen LogP contribution in [-0.4, -0.2) is 17.0 Å². The van der Waals surface area contributed by atoms with E-state index >= 15 is 0 Å². The van der Waals surface area contributed by atoms with Crippen LogP contribution in [0.15, 0.2) is 29.3 Å². The largest absolute Gasteiger partial charge is 0.361 e. The summed E-state index contributed by atoms with van der Waals surface area (Å²) >= 11 is 1.94. The van der Waals surface area contributed by atoms with E-state index in [-0.39, 0.29) is 0 Å². The first-order valence-corrected chi connectivity index (χ1v) is 7.20. The number of aliphatic imine (C=N–C) groups is 1. The number of thioether (sulfide) groups is 1. The van der Waals surface area contributed by atoms with Crippen LogP contribution in [0.5, 0.6) is 0 Å². The molecule has 1 N–H and O–H groups in total. The molecule has 1 aromatic carbocycles. The van der Waals surface area contributed by atoms with Crippen molar-refractivity contribution in [3.63, 3.8) is 0 Å². The third-order valence-electron chi connectivity index (χ3n) is 3.35. The van der Waals surface area contributed by atoms with Crippen LogP contribution < -0.4 is 5.32 Å². The van der Waals surface area contributed by atoms with Crippen molar-refractivity contribution in [1.82, 2.24) is 5.32 Å². The van der Waals surface area contributed by atoms with Crippen molar-refractivity contribution in [2.75, 3.05) is 6.54 Å². The molecule has 1 unspecified atom stereocenters. The van der Waals surface area contributed by atoms with Gasteiger partial charge in [0.1, 0.15) is 0 Å². The first-order valence-electron chi connectivity index (χ1n) is 6.32. The Morgan fingerprint density at radius 2 is 2.29 bits per heavy atom. The van der Waals surface area contributed by atoms with Crippen LogP contribution in [0.2, 0.25) is 0 Å². The molecule has 3 rings (SSSR count). The molecule has 1 aliphatic carbocycles. The maximum Gasteiger partial charge on any atom is 0.157 e. The Kier molecular flexibility index (Phi) is 3.10. The summed E-state index contributed by atoms with van der Waals surface area (Å²) in [6.07, 6.45) is 2.83. The van der Waals surface area contributed by atoms with Crippen LogP contribution in [0.25, 0.3) is 0 Å². The van der Waals surface area contributed by atoms with E-state index in [1.165, 1.54) is 24.0 Å². The Labute approximate surface area is 107 Å². The zero-order chi connectivity index (χ0) is 11.7. The van der Waals surface area contributed by atoms with E-state index in [1.807, 2.05) is 11.8 Å². The van der Waals surface area contributed by atoms with E-state index in [2.05, 4.69) is 41.5 Å². The number of aryl methyl sites for hydroxylation is 1. The fourth-order valence-electron chi connectivity index (χ4n) is 2.20. The second-order valence-electron chi connectivity index (χ2n) is 4.98. The maximum absolute atomic E-state index is 4.58. The number of hydrogen-bond donors (Lipinski definition) is 1. The third kappa shape index (κ3) is 2.83. The predicted molar refractivity (Wildman–Crippen MR) is 74.4 cm³/mol. The first-order chi connectivity index (χ1) is 8.31. The Morgan fingerprint density at radius 1 is 1.41 bits per heavy atom. The molecule has 1 fully saturated rings. The Hall–Kier alpha value is -0.960. The minimum absolute atomic E-state index is 0.759. The van der Waals surface area contributed by atoms with E-state index in [9.17, 15) is 0 Å². The number of amidine groups is 1. The van der Waals surface area contributed by atoms with Gasteiger partial charge < -0.3 is 5.32 Å². The van der Waals surface area contributed by atoms with E-state index in [0.717, 1.165) is 29.4 Å². The topological polar surface area (TPSA) is 24.4 Å². The summed E-state index contributed by atoms with van der Waals surface area (Å²) in [7, 11) is 0. The molecule has 2 nitrogen and oxygen atoms in total. The normalized spacial score (nSPS) is 23.6. The van der Waals surface area contributed by atoms with Crippen molar-refractivity contribution in [1.29, 1.82) is 0 Å². The maximum atomic E-state index is 4.58. The van der Waals surface area contributed by atoms with Gasteiger partial charge in [-0.3, -0.25) is 4.99 Å². The van der Waals surface area contributed by atoms with Gasteiger partial charge in [-0.2, -0.15) is 0 Å². The van der Waals surface area contributed by atoms with Crippen LogP contribution in [0.4, 0.5) is 0 Å². The number of rotatable bonds is 3. The van der Waals surface area contributed by atoms with E-state index in [0.29, 0.717) is 0 Å². The Balaban J connectivity index is 1.51. The fourth-order valence-corrected chi connectivity index (χ4v) is 3.41. The minimum Gasteiger partial charge on any atom is -0.361 e. The average molecular weight is 246 g/mol. The van der Waals surface area contributed by atoms with Crippen LogP contribution in [0.3, 0.4) is 0 Å². The lowest BCUT2D eigenvalue weighted by atomic mass is 10.1. The standard InChI is InChI=1S/C14H18N2S/c1-10-3-2-4-11(7-10)8-15-14-16-9-13(17-14)12-5-6-12/h2-4,7,12-13H,5-6,8-9H2,1H3,(H,15,16). The molecular weight excluding hydrogens is 228 g/mol.